The molecule has 12 heteroatoms. The molecule has 0 spiro atoms. The predicted octanol–water partition coefficient (Wildman–Crippen LogP) is 5.36. The number of benzene rings is 3. The van der Waals surface area contributed by atoms with Crippen LogP contribution in [0.15, 0.2) is 77.7 Å². The number of sulfonamides is 1. The number of nitrogens with zero attached hydrogens (tertiary/aromatic N) is 2. The maximum absolute atomic E-state index is 13.2. The molecule has 1 heterocycles. The average molecular weight is 524 g/mol. The second kappa shape index (κ2) is 10.1. The van der Waals surface area contributed by atoms with Gasteiger partial charge < -0.3 is 9.64 Å². The molecular weight excluding hydrogens is 502 g/mol. The maximum atomic E-state index is 13.2. The molecule has 3 aromatic carbocycles. The Morgan fingerprint density at radius 2 is 1.67 bits per heavy atom. The predicted molar refractivity (Wildman–Crippen MR) is 125 cm³/mol. The van der Waals surface area contributed by atoms with Crippen LogP contribution in [0.2, 0.25) is 0 Å². The fourth-order valence-electron chi connectivity index (χ4n) is 3.79. The first-order valence-electron chi connectivity index (χ1n) is 10.8. The molecule has 1 saturated heterocycles. The van der Waals surface area contributed by atoms with Crippen LogP contribution in [-0.2, 0) is 16.6 Å². The smallest absolute Gasteiger partial charge is 0.406 e. The molecular formula is C24H21F4N3O4S. The van der Waals surface area contributed by atoms with Crippen LogP contribution in [0.4, 0.5) is 33.7 Å². The van der Waals surface area contributed by atoms with Crippen LogP contribution in [0.1, 0.15) is 12.0 Å². The van der Waals surface area contributed by atoms with E-state index in [0.29, 0.717) is 30.8 Å². The van der Waals surface area contributed by atoms with Crippen LogP contribution in [0.3, 0.4) is 0 Å². The second-order valence-corrected chi connectivity index (χ2v) is 9.70. The van der Waals surface area contributed by atoms with E-state index < -0.39 is 22.2 Å². The van der Waals surface area contributed by atoms with E-state index in [2.05, 4.69) is 9.46 Å². The summed E-state index contributed by atoms with van der Waals surface area (Å²) in [5, 5.41) is 0. The molecule has 1 aliphatic rings. The van der Waals surface area contributed by atoms with E-state index in [1.807, 2.05) is 0 Å². The molecule has 190 valence electrons. The van der Waals surface area contributed by atoms with Crippen molar-refractivity contribution < 1.29 is 35.5 Å². The highest BCUT2D eigenvalue weighted by molar-refractivity contribution is 7.92. The summed E-state index contributed by atoms with van der Waals surface area (Å²) in [6.45, 7) is 0.846. The topological polar surface area (TPSA) is 79.0 Å². The minimum Gasteiger partial charge on any atom is -0.406 e. The van der Waals surface area contributed by atoms with Gasteiger partial charge in [0.1, 0.15) is 11.6 Å². The lowest BCUT2D eigenvalue weighted by Crippen LogP contribution is -2.49. The largest absolute Gasteiger partial charge is 0.573 e. The number of hydrogen-bond acceptors (Lipinski definition) is 4. The molecule has 3 aromatic rings. The molecule has 0 atom stereocenters. The number of anilines is 2. The van der Waals surface area contributed by atoms with Crippen molar-refractivity contribution in [1.82, 2.24) is 4.90 Å². The number of carbonyl (C=O) groups is 1. The Kier molecular flexibility index (Phi) is 7.07. The average Bonchev–Trinajstić information content (AvgIpc) is 2.80. The number of amides is 2. The first-order chi connectivity index (χ1) is 17.0. The first-order valence-corrected chi connectivity index (χ1v) is 12.3. The fraction of sp³-hybridized carbons (Fsp3) is 0.208. The molecule has 2 amide bonds. The molecule has 0 saturated carbocycles. The number of urea groups is 1. The van der Waals surface area contributed by atoms with Gasteiger partial charge in [-0.3, -0.25) is 9.62 Å². The molecule has 1 aliphatic heterocycles. The zero-order valence-corrected chi connectivity index (χ0v) is 19.5. The molecule has 0 radical (unpaired) electrons. The highest BCUT2D eigenvalue weighted by Gasteiger charge is 2.31. The van der Waals surface area contributed by atoms with Crippen molar-refractivity contribution >= 4 is 27.4 Å². The molecule has 0 aromatic heterocycles. The van der Waals surface area contributed by atoms with Gasteiger partial charge >= 0.3 is 12.4 Å². The van der Waals surface area contributed by atoms with Crippen LogP contribution < -0.4 is 14.4 Å². The van der Waals surface area contributed by atoms with Crippen LogP contribution in [0.5, 0.6) is 5.75 Å². The Morgan fingerprint density at radius 3 is 2.39 bits per heavy atom. The summed E-state index contributed by atoms with van der Waals surface area (Å²) in [7, 11) is -3.98. The van der Waals surface area contributed by atoms with E-state index in [4.69, 9.17) is 0 Å². The summed E-state index contributed by atoms with van der Waals surface area (Å²) >= 11 is 0. The van der Waals surface area contributed by atoms with Crippen molar-refractivity contribution in [2.75, 3.05) is 22.7 Å². The molecule has 1 fully saturated rings. The number of ether oxygens (including phenoxy) is 1. The third kappa shape index (κ3) is 6.25. The van der Waals surface area contributed by atoms with E-state index in [1.54, 1.807) is 18.2 Å². The number of alkyl halides is 3. The van der Waals surface area contributed by atoms with Gasteiger partial charge in [0.2, 0.25) is 0 Å². The number of rotatable bonds is 7. The standard InChI is InChI=1S/C24H21F4N3O4S/c25-18-8-10-22(11-9-18)36(33,34)29-19-5-2-6-20(15-19)31-13-3-12-30(23(31)32)16-17-4-1-7-21(14-17)35-24(26,27)28/h1-2,4-11,14-15,29H,3,12-13,16H2. The van der Waals surface area contributed by atoms with E-state index in [-0.39, 0.29) is 28.9 Å². The minimum absolute atomic E-state index is 0.0707. The van der Waals surface area contributed by atoms with Gasteiger partial charge in [-0.1, -0.05) is 18.2 Å². The van der Waals surface area contributed by atoms with Gasteiger partial charge in [-0.25, -0.2) is 17.6 Å². The van der Waals surface area contributed by atoms with E-state index >= 15 is 0 Å². The number of carbonyl (C=O) groups excluding carboxylic acids is 1. The fourth-order valence-corrected chi connectivity index (χ4v) is 4.84. The van der Waals surface area contributed by atoms with Crippen LogP contribution >= 0.6 is 0 Å². The zero-order valence-electron chi connectivity index (χ0n) is 18.7. The normalized spacial score (nSPS) is 14.6. The van der Waals surface area contributed by atoms with Gasteiger partial charge in [0.05, 0.1) is 10.6 Å². The van der Waals surface area contributed by atoms with Crippen molar-refractivity contribution in [2.45, 2.75) is 24.2 Å². The zero-order chi connectivity index (χ0) is 25.9. The van der Waals surface area contributed by atoms with Gasteiger partial charge in [-0.2, -0.15) is 0 Å². The van der Waals surface area contributed by atoms with Gasteiger partial charge in [0.25, 0.3) is 10.0 Å². The SMILES string of the molecule is O=C1N(Cc2cccc(OC(F)(F)F)c2)CCCN1c1cccc(NS(=O)(=O)c2ccc(F)cc2)c1. The van der Waals surface area contributed by atoms with E-state index in [1.165, 1.54) is 40.1 Å². The minimum atomic E-state index is -4.82. The third-order valence-corrected chi connectivity index (χ3v) is 6.75. The summed E-state index contributed by atoms with van der Waals surface area (Å²) in [6, 6.07) is 15.7. The summed E-state index contributed by atoms with van der Waals surface area (Å²) in [5.41, 5.74) is 1.12. The van der Waals surface area contributed by atoms with Gasteiger partial charge in [0.15, 0.2) is 0 Å². The number of hydrogen-bond donors (Lipinski definition) is 1. The molecule has 7 nitrogen and oxygen atoms in total. The summed E-state index contributed by atoms with van der Waals surface area (Å²) in [5.74, 6) is -0.939. The Hall–Kier alpha value is -3.80. The monoisotopic (exact) mass is 523 g/mol. The molecule has 4 rings (SSSR count). The molecule has 0 unspecified atom stereocenters. The van der Waals surface area contributed by atoms with Gasteiger partial charge in [0, 0.05) is 25.3 Å². The Bertz CT molecular complexity index is 1350. The Balaban J connectivity index is 1.49. The Morgan fingerprint density at radius 1 is 0.944 bits per heavy atom. The number of halogens is 4. The lowest BCUT2D eigenvalue weighted by atomic mass is 10.1. The highest BCUT2D eigenvalue weighted by atomic mass is 32.2. The van der Waals surface area contributed by atoms with Gasteiger partial charge in [-0.15, -0.1) is 13.2 Å². The molecule has 1 N–H and O–H groups in total. The summed E-state index contributed by atoms with van der Waals surface area (Å²) in [6.07, 6.45) is -4.23. The van der Waals surface area contributed by atoms with E-state index in [0.717, 1.165) is 24.3 Å². The van der Waals surface area contributed by atoms with Crippen molar-refractivity contribution in [3.63, 3.8) is 0 Å². The lowest BCUT2D eigenvalue weighted by molar-refractivity contribution is -0.274. The highest BCUT2D eigenvalue weighted by Crippen LogP contribution is 2.27. The quantitative estimate of drug-likeness (QED) is 0.423. The van der Waals surface area contributed by atoms with Crippen LogP contribution in [-0.4, -0.2) is 38.8 Å². The summed E-state index contributed by atoms with van der Waals surface area (Å²) in [4.78, 5) is 16.0. The van der Waals surface area contributed by atoms with Crippen molar-refractivity contribution in [1.29, 1.82) is 0 Å². The first kappa shape index (κ1) is 25.3. The molecule has 0 aliphatic carbocycles. The van der Waals surface area contributed by atoms with Crippen LogP contribution in [0, 0.1) is 5.82 Å². The van der Waals surface area contributed by atoms with Crippen molar-refractivity contribution in [2.24, 2.45) is 0 Å². The van der Waals surface area contributed by atoms with E-state index in [9.17, 15) is 30.8 Å². The van der Waals surface area contributed by atoms with Crippen LogP contribution in [0.25, 0.3) is 0 Å². The molecule has 36 heavy (non-hydrogen) atoms. The van der Waals surface area contributed by atoms with Crippen molar-refractivity contribution in [3.8, 4) is 5.75 Å². The van der Waals surface area contributed by atoms with Gasteiger partial charge in [-0.05, 0) is 66.6 Å². The summed E-state index contributed by atoms with van der Waals surface area (Å²) < 4.78 is 82.4. The number of nitrogens with one attached hydrogen (secondary N) is 1. The Labute approximate surface area is 204 Å². The maximum Gasteiger partial charge on any atom is 0.573 e. The second-order valence-electron chi connectivity index (χ2n) is 8.01. The van der Waals surface area contributed by atoms with Crippen molar-refractivity contribution in [3.05, 3.63) is 84.2 Å². The molecule has 0 bridgehead atoms. The lowest BCUT2D eigenvalue weighted by Gasteiger charge is -2.36. The third-order valence-electron chi connectivity index (χ3n) is 5.35.